The Balaban J connectivity index is 1.62. The molecule has 0 bridgehead atoms. The van der Waals surface area contributed by atoms with Crippen molar-refractivity contribution in [3.63, 3.8) is 0 Å². The Morgan fingerprint density at radius 1 is 1.17 bits per heavy atom. The summed E-state index contributed by atoms with van der Waals surface area (Å²) in [6.07, 6.45) is -6.33. The first kappa shape index (κ1) is 24.5. The lowest BCUT2D eigenvalue weighted by Gasteiger charge is -2.33. The van der Waals surface area contributed by atoms with Gasteiger partial charge in [-0.2, -0.15) is 13.2 Å². The maximum atomic E-state index is 14.2. The van der Waals surface area contributed by atoms with Gasteiger partial charge in [-0.25, -0.2) is 4.98 Å². The molecule has 36 heavy (non-hydrogen) atoms. The number of fused-ring (bicyclic) bond motifs is 2. The molecule has 3 aliphatic rings. The Bertz CT molecular complexity index is 1230. The van der Waals surface area contributed by atoms with Crippen LogP contribution >= 0.6 is 0 Å². The first-order valence-electron chi connectivity index (χ1n) is 11.7. The molecule has 192 valence electrons. The van der Waals surface area contributed by atoms with Crippen molar-refractivity contribution in [2.45, 2.75) is 64.3 Å². The second kappa shape index (κ2) is 8.45. The van der Waals surface area contributed by atoms with Gasteiger partial charge < -0.3 is 19.1 Å². The maximum Gasteiger partial charge on any atom is 0.416 e. The fourth-order valence-electron chi connectivity index (χ4n) is 5.02. The third kappa shape index (κ3) is 4.09. The van der Waals surface area contributed by atoms with Crippen LogP contribution in [0.4, 0.5) is 24.7 Å². The van der Waals surface area contributed by atoms with Crippen molar-refractivity contribution >= 4 is 23.3 Å². The Kier molecular flexibility index (Phi) is 5.75. The molecule has 0 N–H and O–H groups in total. The number of amides is 2. The second-order valence-corrected chi connectivity index (χ2v) is 9.64. The van der Waals surface area contributed by atoms with Crippen LogP contribution in [-0.2, 0) is 25.2 Å². The molecule has 4 heterocycles. The number of carbonyl (C=O) groups excluding carboxylic acids is 2. The van der Waals surface area contributed by atoms with E-state index in [1.165, 1.54) is 11.8 Å². The van der Waals surface area contributed by atoms with E-state index in [2.05, 4.69) is 4.98 Å². The molecule has 0 unspecified atom stereocenters. The van der Waals surface area contributed by atoms with Crippen LogP contribution in [0.15, 0.2) is 30.3 Å². The van der Waals surface area contributed by atoms with E-state index >= 15 is 0 Å². The largest absolute Gasteiger partial charge is 0.491 e. The van der Waals surface area contributed by atoms with Crippen molar-refractivity contribution < 1.29 is 37.0 Å². The highest BCUT2D eigenvalue weighted by Gasteiger charge is 2.61. The molecule has 0 radical (unpaired) electrons. The third-order valence-corrected chi connectivity index (χ3v) is 6.49. The zero-order valence-corrected chi connectivity index (χ0v) is 20.3. The smallest absolute Gasteiger partial charge is 0.416 e. The quantitative estimate of drug-likeness (QED) is 0.618. The van der Waals surface area contributed by atoms with E-state index in [1.54, 1.807) is 26.0 Å². The van der Waals surface area contributed by atoms with Crippen LogP contribution in [0.2, 0.25) is 0 Å². The number of hydrogen-bond acceptors (Lipinski definition) is 6. The number of aryl methyl sites for hydroxylation is 2. The molecule has 2 aromatic rings. The number of aromatic nitrogens is 1. The lowest BCUT2D eigenvalue weighted by Crippen LogP contribution is -2.52. The van der Waals surface area contributed by atoms with Gasteiger partial charge in [0.05, 0.1) is 17.9 Å². The topological polar surface area (TPSA) is 81.2 Å². The number of hydrogen-bond donors (Lipinski definition) is 0. The molecule has 3 atom stereocenters. The van der Waals surface area contributed by atoms with Crippen LogP contribution < -0.4 is 14.5 Å². The van der Waals surface area contributed by atoms with E-state index in [0.717, 1.165) is 22.6 Å². The summed E-state index contributed by atoms with van der Waals surface area (Å²) in [7, 11) is 0. The first-order chi connectivity index (χ1) is 16.9. The average molecular weight is 505 g/mol. The molecule has 1 aromatic heterocycles. The summed E-state index contributed by atoms with van der Waals surface area (Å²) in [6, 6.07) is 5.78. The summed E-state index contributed by atoms with van der Waals surface area (Å²) in [5.41, 5.74) is 0.454. The molecular formula is C25H26F3N3O5. The Hall–Kier alpha value is -3.18. The van der Waals surface area contributed by atoms with Crippen LogP contribution in [0.3, 0.4) is 0 Å². The lowest BCUT2D eigenvalue weighted by atomic mass is 10.1. The summed E-state index contributed by atoms with van der Waals surface area (Å²) < 4.78 is 58.4. The van der Waals surface area contributed by atoms with Crippen LogP contribution in [0.5, 0.6) is 5.75 Å². The molecule has 3 aliphatic heterocycles. The van der Waals surface area contributed by atoms with Gasteiger partial charge >= 0.3 is 6.18 Å². The number of benzene rings is 1. The molecule has 2 amide bonds. The van der Waals surface area contributed by atoms with E-state index in [0.29, 0.717) is 31.0 Å². The van der Waals surface area contributed by atoms with Crippen LogP contribution in [-0.4, -0.2) is 54.0 Å². The van der Waals surface area contributed by atoms with Gasteiger partial charge in [-0.1, -0.05) is 12.1 Å². The average Bonchev–Trinajstić information content (AvgIpc) is 3.12. The van der Waals surface area contributed by atoms with Gasteiger partial charge in [-0.05, 0) is 57.9 Å². The normalized spacial score (nSPS) is 25.3. The number of nitrogens with zero attached hydrogens (tertiary/aromatic N) is 3. The van der Waals surface area contributed by atoms with Crippen molar-refractivity contribution in [1.29, 1.82) is 0 Å². The van der Waals surface area contributed by atoms with E-state index in [9.17, 15) is 22.8 Å². The monoisotopic (exact) mass is 505 g/mol. The summed E-state index contributed by atoms with van der Waals surface area (Å²) >= 11 is 0. The number of rotatable bonds is 2. The van der Waals surface area contributed by atoms with Crippen LogP contribution in [0.1, 0.15) is 37.1 Å². The van der Waals surface area contributed by atoms with E-state index < -0.39 is 47.6 Å². The maximum absolute atomic E-state index is 14.2. The number of ether oxygens (including phenoxy) is 3. The third-order valence-electron chi connectivity index (χ3n) is 6.49. The first-order valence-corrected chi connectivity index (χ1v) is 11.7. The molecule has 0 spiro atoms. The van der Waals surface area contributed by atoms with Crippen molar-refractivity contribution in [1.82, 2.24) is 4.98 Å². The highest BCUT2D eigenvalue weighted by Crippen LogP contribution is 2.43. The van der Waals surface area contributed by atoms with Crippen molar-refractivity contribution in [3.8, 4) is 5.75 Å². The number of pyridine rings is 1. The molecule has 8 nitrogen and oxygen atoms in total. The van der Waals surface area contributed by atoms with Gasteiger partial charge in [-0.3, -0.25) is 14.5 Å². The Morgan fingerprint density at radius 3 is 2.64 bits per heavy atom. The summed E-state index contributed by atoms with van der Waals surface area (Å²) in [6.45, 7) is 7.19. The van der Waals surface area contributed by atoms with Crippen LogP contribution in [0.25, 0.3) is 0 Å². The summed E-state index contributed by atoms with van der Waals surface area (Å²) in [5, 5.41) is 0. The summed E-state index contributed by atoms with van der Waals surface area (Å²) in [4.78, 5) is 34.4. The SMILES string of the molecule is Cc1cc(C(F)(F)F)cc(N2C(=O)[C@H]3OC(C)(C)O[C@H]3[C@H]2C(=O)N2CCCOc3c(C)cccc32)n1. The van der Waals surface area contributed by atoms with Gasteiger partial charge in [0, 0.05) is 12.2 Å². The zero-order valence-electron chi connectivity index (χ0n) is 20.3. The number of carbonyl (C=O) groups is 2. The minimum Gasteiger partial charge on any atom is -0.491 e. The molecule has 2 fully saturated rings. The predicted molar refractivity (Wildman–Crippen MR) is 123 cm³/mol. The molecule has 0 aliphatic carbocycles. The van der Waals surface area contributed by atoms with Gasteiger partial charge in [0.15, 0.2) is 11.9 Å². The van der Waals surface area contributed by atoms with Gasteiger partial charge in [-0.15, -0.1) is 0 Å². The van der Waals surface area contributed by atoms with E-state index in [-0.39, 0.29) is 11.5 Å². The lowest BCUT2D eigenvalue weighted by molar-refractivity contribution is -0.161. The molecule has 11 heteroatoms. The summed E-state index contributed by atoms with van der Waals surface area (Å²) in [5.74, 6) is -2.06. The second-order valence-electron chi connectivity index (χ2n) is 9.64. The molecule has 2 saturated heterocycles. The highest BCUT2D eigenvalue weighted by molar-refractivity contribution is 6.11. The number of halogens is 3. The fourth-order valence-corrected chi connectivity index (χ4v) is 5.02. The highest BCUT2D eigenvalue weighted by atomic mass is 19.4. The minimum absolute atomic E-state index is 0.0576. The number of anilines is 2. The molecule has 1 aromatic carbocycles. The van der Waals surface area contributed by atoms with Crippen molar-refractivity contribution in [3.05, 3.63) is 47.2 Å². The molecule has 0 saturated carbocycles. The zero-order chi connectivity index (χ0) is 26.0. The molecular weight excluding hydrogens is 479 g/mol. The Morgan fingerprint density at radius 2 is 1.92 bits per heavy atom. The number of para-hydroxylation sites is 1. The van der Waals surface area contributed by atoms with E-state index in [4.69, 9.17) is 14.2 Å². The van der Waals surface area contributed by atoms with Gasteiger partial charge in [0.25, 0.3) is 11.8 Å². The van der Waals surface area contributed by atoms with Crippen LogP contribution in [0, 0.1) is 13.8 Å². The van der Waals surface area contributed by atoms with Gasteiger partial charge in [0.1, 0.15) is 23.7 Å². The Labute approximate surface area is 205 Å². The standard InChI is InChI=1S/C25H26F3N3O5/c1-13-7-5-8-16-19(13)34-10-6-9-30(16)22(32)18-20-21(36-24(3,4)35-20)23(33)31(18)17-12-15(25(26,27)28)11-14(2)29-17/h5,7-8,11-12,18,20-21H,6,9-10H2,1-4H3/t18-,20-,21-/m0/s1. The molecule has 5 rings (SSSR count). The van der Waals surface area contributed by atoms with Crippen molar-refractivity contribution in [2.75, 3.05) is 23.0 Å². The predicted octanol–water partition coefficient (Wildman–Crippen LogP) is 3.77. The fraction of sp³-hybridized carbons (Fsp3) is 0.480. The van der Waals surface area contributed by atoms with E-state index in [1.807, 2.05) is 13.0 Å². The minimum atomic E-state index is -4.66. The van der Waals surface area contributed by atoms with Gasteiger partial charge in [0.2, 0.25) is 0 Å². The van der Waals surface area contributed by atoms with Crippen molar-refractivity contribution in [2.24, 2.45) is 0 Å². The number of alkyl halides is 3.